The van der Waals surface area contributed by atoms with Crippen molar-refractivity contribution in [2.24, 2.45) is 17.3 Å². The zero-order valence-electron chi connectivity index (χ0n) is 14.3. The molecule has 0 bridgehead atoms. The van der Waals surface area contributed by atoms with Crippen LogP contribution in [0.25, 0.3) is 0 Å². The highest BCUT2D eigenvalue weighted by Crippen LogP contribution is 2.85. The molecule has 2 fully saturated rings. The summed E-state index contributed by atoms with van der Waals surface area (Å²) in [6.45, 7) is 16.7. The molecule has 0 aromatic carbocycles. The highest BCUT2D eigenvalue weighted by Gasteiger charge is 2.81. The van der Waals surface area contributed by atoms with Crippen LogP contribution in [0.15, 0.2) is 12.7 Å². The molecule has 0 spiro atoms. The Morgan fingerprint density at radius 1 is 1.48 bits per heavy atom. The quantitative estimate of drug-likeness (QED) is 0.490. The number of carbonyl (C=O) groups excluding carboxylic acids is 1. The summed E-state index contributed by atoms with van der Waals surface area (Å²) in [5, 5.41) is 11.1. The van der Waals surface area contributed by atoms with E-state index in [4.69, 9.17) is 4.74 Å². The summed E-state index contributed by atoms with van der Waals surface area (Å²) in [6.07, 6.45) is 2.36. The molecule has 4 heteroatoms. The molecule has 2 saturated carbocycles. The topological polar surface area (TPSA) is 46.5 Å². The third kappa shape index (κ3) is 2.06. The van der Waals surface area contributed by atoms with Gasteiger partial charge in [-0.2, -0.15) is 0 Å². The Kier molecular flexibility index (Phi) is 3.95. The lowest BCUT2D eigenvalue weighted by Crippen LogP contribution is -2.51. The highest BCUT2D eigenvalue weighted by molar-refractivity contribution is 6.82. The number of rotatable bonds is 4. The van der Waals surface area contributed by atoms with Crippen molar-refractivity contribution in [3.8, 4) is 0 Å². The third-order valence-corrected chi connectivity index (χ3v) is 11.4. The molecule has 0 heterocycles. The summed E-state index contributed by atoms with van der Waals surface area (Å²) < 4.78 is 5.48. The Bertz CT molecular complexity index is 457. The van der Waals surface area contributed by atoms with Crippen molar-refractivity contribution < 1.29 is 14.6 Å². The van der Waals surface area contributed by atoms with Crippen LogP contribution in [0.3, 0.4) is 0 Å². The van der Waals surface area contributed by atoms with Crippen LogP contribution in [-0.4, -0.2) is 31.4 Å². The minimum Gasteiger partial charge on any atom is -0.462 e. The number of hydrogen-bond donors (Lipinski definition) is 1. The zero-order chi connectivity index (χ0) is 16.2. The van der Waals surface area contributed by atoms with E-state index in [1.54, 1.807) is 0 Å². The second-order valence-corrected chi connectivity index (χ2v) is 13.2. The van der Waals surface area contributed by atoms with Gasteiger partial charge in [-0.3, -0.25) is 4.79 Å². The van der Waals surface area contributed by atoms with Crippen molar-refractivity contribution in [3.05, 3.63) is 12.7 Å². The average molecular weight is 311 g/mol. The van der Waals surface area contributed by atoms with Gasteiger partial charge in [0.1, 0.15) is 6.10 Å². The minimum atomic E-state index is -1.67. The van der Waals surface area contributed by atoms with Crippen LogP contribution < -0.4 is 0 Å². The van der Waals surface area contributed by atoms with Crippen LogP contribution in [0.2, 0.25) is 24.2 Å². The SMILES string of the molecule is C=CC[Si](C)(C)[C@]12C(C[C@H](OC(C)=O)[C@H](C)[C@H]1O)C2(C)C. The van der Waals surface area contributed by atoms with Crippen molar-refractivity contribution in [3.63, 3.8) is 0 Å². The van der Waals surface area contributed by atoms with Gasteiger partial charge in [0.05, 0.1) is 14.2 Å². The van der Waals surface area contributed by atoms with E-state index in [0.717, 1.165) is 12.5 Å². The van der Waals surface area contributed by atoms with Crippen molar-refractivity contribution in [1.29, 1.82) is 0 Å². The van der Waals surface area contributed by atoms with E-state index < -0.39 is 14.2 Å². The molecule has 1 unspecified atom stereocenters. The van der Waals surface area contributed by atoms with E-state index in [9.17, 15) is 9.90 Å². The molecule has 3 nitrogen and oxygen atoms in total. The zero-order valence-corrected chi connectivity index (χ0v) is 15.3. The maximum atomic E-state index is 11.3. The molecule has 0 aliphatic heterocycles. The Morgan fingerprint density at radius 2 is 2.05 bits per heavy atom. The van der Waals surface area contributed by atoms with Crippen LogP contribution >= 0.6 is 0 Å². The van der Waals surface area contributed by atoms with Crippen LogP contribution in [0.4, 0.5) is 0 Å². The molecule has 0 aromatic rings. The fourth-order valence-corrected chi connectivity index (χ4v) is 11.1. The van der Waals surface area contributed by atoms with E-state index >= 15 is 0 Å². The lowest BCUT2D eigenvalue weighted by molar-refractivity contribution is -0.154. The van der Waals surface area contributed by atoms with Gasteiger partial charge in [0, 0.05) is 17.9 Å². The molecule has 120 valence electrons. The summed E-state index contributed by atoms with van der Waals surface area (Å²) in [5.41, 5.74) is 0.119. The van der Waals surface area contributed by atoms with E-state index in [0.29, 0.717) is 5.92 Å². The van der Waals surface area contributed by atoms with Gasteiger partial charge in [-0.25, -0.2) is 0 Å². The van der Waals surface area contributed by atoms with E-state index in [1.807, 2.05) is 13.0 Å². The summed E-state index contributed by atoms with van der Waals surface area (Å²) in [7, 11) is -1.67. The van der Waals surface area contributed by atoms with Gasteiger partial charge in [-0.15, -0.1) is 6.58 Å². The van der Waals surface area contributed by atoms with Crippen molar-refractivity contribution in [2.45, 2.75) is 70.5 Å². The average Bonchev–Trinajstić information content (AvgIpc) is 2.83. The van der Waals surface area contributed by atoms with E-state index in [2.05, 4.69) is 33.5 Å². The van der Waals surface area contributed by atoms with Gasteiger partial charge in [0.2, 0.25) is 0 Å². The molecule has 0 aromatic heterocycles. The first-order valence-electron chi connectivity index (χ1n) is 8.00. The van der Waals surface area contributed by atoms with E-state index in [-0.39, 0.29) is 28.4 Å². The second kappa shape index (κ2) is 4.95. The molecule has 0 radical (unpaired) electrons. The van der Waals surface area contributed by atoms with Crippen molar-refractivity contribution in [2.75, 3.05) is 0 Å². The van der Waals surface area contributed by atoms with Gasteiger partial charge in [0.15, 0.2) is 0 Å². The first-order valence-corrected chi connectivity index (χ1v) is 11.2. The number of esters is 1. The number of ether oxygens (including phenoxy) is 1. The molecule has 21 heavy (non-hydrogen) atoms. The summed E-state index contributed by atoms with van der Waals surface area (Å²) in [5.74, 6) is 0.207. The highest BCUT2D eigenvalue weighted by atomic mass is 28.3. The number of fused-ring (bicyclic) bond motifs is 1. The maximum absolute atomic E-state index is 11.3. The predicted molar refractivity (Wildman–Crippen MR) is 87.8 cm³/mol. The molecular formula is C17H30O3Si. The number of aliphatic hydroxyl groups is 1. The first-order chi connectivity index (χ1) is 9.54. The molecule has 2 aliphatic carbocycles. The largest absolute Gasteiger partial charge is 0.462 e. The predicted octanol–water partition coefficient (Wildman–Crippen LogP) is 3.61. The minimum absolute atomic E-state index is 0.00325. The number of allylic oxidation sites excluding steroid dienone is 1. The van der Waals surface area contributed by atoms with E-state index in [1.165, 1.54) is 6.92 Å². The molecule has 2 aliphatic rings. The Morgan fingerprint density at radius 3 is 2.52 bits per heavy atom. The first kappa shape index (κ1) is 16.8. The summed E-state index contributed by atoms with van der Waals surface area (Å²) in [4.78, 5) is 11.3. The van der Waals surface area contributed by atoms with Gasteiger partial charge in [-0.1, -0.05) is 39.9 Å². The molecule has 2 rings (SSSR count). The molecular weight excluding hydrogens is 280 g/mol. The van der Waals surface area contributed by atoms with Crippen LogP contribution in [0.1, 0.15) is 34.1 Å². The smallest absolute Gasteiger partial charge is 0.302 e. The summed E-state index contributed by atoms with van der Waals surface area (Å²) >= 11 is 0. The van der Waals surface area contributed by atoms with Crippen LogP contribution in [0, 0.1) is 17.3 Å². The Balaban J connectivity index is 2.37. The van der Waals surface area contributed by atoms with Gasteiger partial charge >= 0.3 is 5.97 Å². The summed E-state index contributed by atoms with van der Waals surface area (Å²) in [6, 6.07) is 1.02. The number of hydrogen-bond acceptors (Lipinski definition) is 3. The van der Waals surface area contributed by atoms with Gasteiger partial charge in [-0.05, 0) is 23.8 Å². The standard InChI is InChI=1S/C17H30O3Si/c1-8-9-21(6,7)17-14(16(17,4)5)10-13(20-12(3)18)11(2)15(17)19/h8,11,13-15,19H,1,9-10H2,2-7H3/t11-,13-,14?,15+,17+/m0/s1. The molecule has 1 N–H and O–H groups in total. The van der Waals surface area contributed by atoms with Gasteiger partial charge < -0.3 is 9.84 Å². The van der Waals surface area contributed by atoms with Crippen LogP contribution in [-0.2, 0) is 9.53 Å². The third-order valence-electron chi connectivity index (χ3n) is 6.51. The monoisotopic (exact) mass is 310 g/mol. The number of aliphatic hydroxyl groups excluding tert-OH is 1. The Labute approximate surface area is 129 Å². The molecule has 0 saturated heterocycles. The van der Waals surface area contributed by atoms with Crippen LogP contribution in [0.5, 0.6) is 0 Å². The lowest BCUT2D eigenvalue weighted by atomic mass is 9.84. The van der Waals surface area contributed by atoms with Gasteiger partial charge in [0.25, 0.3) is 0 Å². The van der Waals surface area contributed by atoms with Crippen molar-refractivity contribution >= 4 is 14.0 Å². The maximum Gasteiger partial charge on any atom is 0.302 e. The normalized spacial score (nSPS) is 41.1. The lowest BCUT2D eigenvalue weighted by Gasteiger charge is -2.46. The fraction of sp³-hybridized carbons (Fsp3) is 0.824. The fourth-order valence-electron chi connectivity index (χ4n) is 5.68. The number of carbonyl (C=O) groups is 1. The second-order valence-electron chi connectivity index (χ2n) is 8.21. The molecule has 0 amide bonds. The Hall–Kier alpha value is -0.613. The molecule has 5 atom stereocenters. The van der Waals surface area contributed by atoms with Crippen molar-refractivity contribution in [1.82, 2.24) is 0 Å².